The molecule has 2 aromatic rings. The normalized spacial score (nSPS) is 23.8. The highest BCUT2D eigenvalue weighted by atomic mass is 15.1. The summed E-state index contributed by atoms with van der Waals surface area (Å²) in [5.41, 5.74) is 1.37. The van der Waals surface area contributed by atoms with E-state index in [1.165, 1.54) is 35.7 Å². The van der Waals surface area contributed by atoms with Gasteiger partial charge >= 0.3 is 0 Å². The Labute approximate surface area is 128 Å². The summed E-state index contributed by atoms with van der Waals surface area (Å²) in [7, 11) is 0. The zero-order chi connectivity index (χ0) is 14.7. The molecule has 3 rings (SSSR count). The van der Waals surface area contributed by atoms with Gasteiger partial charge in [0.15, 0.2) is 0 Å². The molecule has 2 heteroatoms. The van der Waals surface area contributed by atoms with Crippen molar-refractivity contribution in [2.24, 2.45) is 0 Å². The van der Waals surface area contributed by atoms with Crippen molar-refractivity contribution in [3.63, 3.8) is 0 Å². The summed E-state index contributed by atoms with van der Waals surface area (Å²) in [6.45, 7) is 6.89. The van der Waals surface area contributed by atoms with Crippen molar-refractivity contribution in [3.8, 4) is 0 Å². The molecule has 0 spiro atoms. The number of anilines is 1. The molecule has 1 aliphatic heterocycles. The minimum atomic E-state index is 0.609. The Balaban J connectivity index is 1.82. The zero-order valence-electron chi connectivity index (χ0n) is 13.2. The van der Waals surface area contributed by atoms with E-state index in [0.717, 1.165) is 13.1 Å². The number of hydrogen-bond donors (Lipinski definition) is 1. The highest BCUT2D eigenvalue weighted by Crippen LogP contribution is 2.24. The number of hydrogen-bond acceptors (Lipinski definition) is 2. The summed E-state index contributed by atoms with van der Waals surface area (Å²) in [6.07, 6.45) is 3.66. The quantitative estimate of drug-likeness (QED) is 0.888. The van der Waals surface area contributed by atoms with Crippen LogP contribution in [0.1, 0.15) is 33.1 Å². The summed E-state index contributed by atoms with van der Waals surface area (Å²) in [4.78, 5) is 2.56. The van der Waals surface area contributed by atoms with E-state index in [2.05, 4.69) is 66.5 Å². The maximum atomic E-state index is 3.74. The Kier molecular flexibility index (Phi) is 4.45. The monoisotopic (exact) mass is 282 g/mol. The second kappa shape index (κ2) is 6.48. The Morgan fingerprint density at radius 2 is 1.81 bits per heavy atom. The van der Waals surface area contributed by atoms with E-state index in [1.807, 2.05) is 0 Å². The molecule has 2 unspecified atom stereocenters. The van der Waals surface area contributed by atoms with Gasteiger partial charge in [-0.25, -0.2) is 0 Å². The van der Waals surface area contributed by atoms with Gasteiger partial charge in [-0.2, -0.15) is 0 Å². The predicted molar refractivity (Wildman–Crippen MR) is 92.1 cm³/mol. The highest BCUT2D eigenvalue weighted by Gasteiger charge is 2.17. The average Bonchev–Trinajstić information content (AvgIpc) is 2.51. The number of benzene rings is 2. The molecule has 21 heavy (non-hydrogen) atoms. The molecular formula is C19H26N2. The van der Waals surface area contributed by atoms with Gasteiger partial charge in [0, 0.05) is 30.9 Å². The molecule has 1 heterocycles. The molecule has 0 amide bonds. The van der Waals surface area contributed by atoms with E-state index in [9.17, 15) is 0 Å². The second-order valence-electron chi connectivity index (χ2n) is 6.27. The fraction of sp³-hybridized carbons (Fsp3) is 0.474. The zero-order valence-corrected chi connectivity index (χ0v) is 13.2. The van der Waals surface area contributed by atoms with Crippen LogP contribution in [0.5, 0.6) is 0 Å². The molecule has 2 atom stereocenters. The van der Waals surface area contributed by atoms with Crippen molar-refractivity contribution >= 4 is 16.5 Å². The van der Waals surface area contributed by atoms with Crippen LogP contribution in [0.3, 0.4) is 0 Å². The minimum absolute atomic E-state index is 0.609. The van der Waals surface area contributed by atoms with Crippen molar-refractivity contribution < 1.29 is 0 Å². The topological polar surface area (TPSA) is 15.3 Å². The lowest BCUT2D eigenvalue weighted by Gasteiger charge is -2.33. The van der Waals surface area contributed by atoms with E-state index in [4.69, 9.17) is 0 Å². The smallest absolute Gasteiger partial charge is 0.0372 e. The second-order valence-corrected chi connectivity index (χ2v) is 6.27. The lowest BCUT2D eigenvalue weighted by Crippen LogP contribution is -2.44. The van der Waals surface area contributed by atoms with Crippen molar-refractivity contribution in [2.75, 3.05) is 18.0 Å². The molecule has 1 N–H and O–H groups in total. The fourth-order valence-electron chi connectivity index (χ4n) is 3.30. The Hall–Kier alpha value is -1.54. The summed E-state index contributed by atoms with van der Waals surface area (Å²) >= 11 is 0. The largest absolute Gasteiger partial charge is 0.371 e. The number of rotatable bonds is 2. The van der Waals surface area contributed by atoms with Crippen molar-refractivity contribution in [1.29, 1.82) is 0 Å². The summed E-state index contributed by atoms with van der Waals surface area (Å²) in [6, 6.07) is 16.8. The van der Waals surface area contributed by atoms with E-state index in [0.29, 0.717) is 12.1 Å². The van der Waals surface area contributed by atoms with E-state index >= 15 is 0 Å². The maximum absolute atomic E-state index is 3.74. The lowest BCUT2D eigenvalue weighted by atomic mass is 10.0. The van der Waals surface area contributed by atoms with Gasteiger partial charge in [0.1, 0.15) is 0 Å². The molecule has 0 aliphatic carbocycles. The molecule has 1 fully saturated rings. The number of nitrogens with one attached hydrogen (secondary N) is 1. The first kappa shape index (κ1) is 14.4. The minimum Gasteiger partial charge on any atom is -0.371 e. The molecule has 1 saturated heterocycles. The van der Waals surface area contributed by atoms with Crippen LogP contribution in [0, 0.1) is 0 Å². The van der Waals surface area contributed by atoms with Crippen LogP contribution in [0.25, 0.3) is 10.8 Å². The van der Waals surface area contributed by atoms with Crippen molar-refractivity contribution in [3.05, 3.63) is 42.5 Å². The third-order valence-corrected chi connectivity index (χ3v) is 4.69. The molecular weight excluding hydrogens is 256 g/mol. The third kappa shape index (κ3) is 3.38. The van der Waals surface area contributed by atoms with Gasteiger partial charge in [-0.1, -0.05) is 37.3 Å². The molecule has 0 saturated carbocycles. The molecule has 1 aliphatic rings. The molecule has 0 radical (unpaired) electrons. The van der Waals surface area contributed by atoms with Gasteiger partial charge in [-0.15, -0.1) is 0 Å². The van der Waals surface area contributed by atoms with Crippen LogP contribution in [0.2, 0.25) is 0 Å². The van der Waals surface area contributed by atoms with E-state index in [1.54, 1.807) is 0 Å². The van der Waals surface area contributed by atoms with Crippen molar-refractivity contribution in [2.45, 2.75) is 45.2 Å². The fourth-order valence-corrected chi connectivity index (χ4v) is 3.30. The summed E-state index contributed by atoms with van der Waals surface area (Å²) in [5, 5.41) is 6.41. The van der Waals surface area contributed by atoms with Gasteiger partial charge in [0.25, 0.3) is 0 Å². The number of nitrogens with zero attached hydrogens (tertiary/aromatic N) is 1. The first-order valence-electron chi connectivity index (χ1n) is 8.26. The van der Waals surface area contributed by atoms with Gasteiger partial charge in [0.2, 0.25) is 0 Å². The van der Waals surface area contributed by atoms with Crippen LogP contribution in [0.4, 0.5) is 5.69 Å². The lowest BCUT2D eigenvalue weighted by molar-refractivity contribution is 0.378. The van der Waals surface area contributed by atoms with Crippen LogP contribution in [-0.2, 0) is 0 Å². The van der Waals surface area contributed by atoms with E-state index < -0.39 is 0 Å². The maximum Gasteiger partial charge on any atom is 0.0372 e. The van der Waals surface area contributed by atoms with E-state index in [-0.39, 0.29) is 0 Å². The van der Waals surface area contributed by atoms with Crippen LogP contribution >= 0.6 is 0 Å². The molecule has 2 aromatic carbocycles. The third-order valence-electron chi connectivity index (χ3n) is 4.69. The Bertz CT molecular complexity index is 593. The Morgan fingerprint density at radius 3 is 2.62 bits per heavy atom. The molecule has 0 aromatic heterocycles. The predicted octanol–water partition coefficient (Wildman–Crippen LogP) is 4.20. The van der Waals surface area contributed by atoms with Crippen LogP contribution in [0.15, 0.2) is 42.5 Å². The molecule has 0 bridgehead atoms. The molecule has 112 valence electrons. The van der Waals surface area contributed by atoms with Gasteiger partial charge in [0.05, 0.1) is 0 Å². The summed E-state index contributed by atoms with van der Waals surface area (Å²) < 4.78 is 0. The summed E-state index contributed by atoms with van der Waals surface area (Å²) in [5.74, 6) is 0. The standard InChI is InChI=1S/C19H26N2/c1-3-18-11-13-21(12-10-15(2)20-18)19-9-8-16-6-4-5-7-17(16)14-19/h4-9,14-15,18,20H,3,10-13H2,1-2H3. The molecule has 2 nitrogen and oxygen atoms in total. The van der Waals surface area contributed by atoms with Gasteiger partial charge in [-0.05, 0) is 49.1 Å². The van der Waals surface area contributed by atoms with Crippen molar-refractivity contribution in [1.82, 2.24) is 5.32 Å². The van der Waals surface area contributed by atoms with Crippen LogP contribution in [-0.4, -0.2) is 25.2 Å². The highest BCUT2D eigenvalue weighted by molar-refractivity contribution is 5.85. The first-order chi connectivity index (χ1) is 10.3. The first-order valence-corrected chi connectivity index (χ1v) is 8.26. The Morgan fingerprint density at radius 1 is 1.05 bits per heavy atom. The van der Waals surface area contributed by atoms with Crippen LogP contribution < -0.4 is 10.2 Å². The average molecular weight is 282 g/mol. The number of fused-ring (bicyclic) bond motifs is 1. The van der Waals surface area contributed by atoms with Gasteiger partial charge in [-0.3, -0.25) is 0 Å². The SMILES string of the molecule is CCC1CCN(c2ccc3ccccc3c2)CCC(C)N1. The van der Waals surface area contributed by atoms with Gasteiger partial charge < -0.3 is 10.2 Å².